The number of hydrogen-bond acceptors (Lipinski definition) is 2. The Labute approximate surface area is 89.9 Å². The average Bonchev–Trinajstić information content (AvgIpc) is 2.61. The lowest BCUT2D eigenvalue weighted by Gasteiger charge is -2.22. The Kier molecular flexibility index (Phi) is 2.49. The van der Waals surface area contributed by atoms with Crippen LogP contribution in [0.1, 0.15) is 25.8 Å². The van der Waals surface area contributed by atoms with Gasteiger partial charge in [-0.25, -0.2) is 4.52 Å². The van der Waals surface area contributed by atoms with Crippen molar-refractivity contribution in [2.75, 3.05) is 6.54 Å². The predicted octanol–water partition coefficient (Wildman–Crippen LogP) is 1.96. The monoisotopic (exact) mass is 203 g/mol. The second kappa shape index (κ2) is 3.66. The van der Waals surface area contributed by atoms with Crippen LogP contribution in [0.5, 0.6) is 0 Å². The van der Waals surface area contributed by atoms with Gasteiger partial charge in [-0.05, 0) is 30.5 Å². The van der Waals surface area contributed by atoms with Crippen LogP contribution in [-0.4, -0.2) is 16.2 Å². The molecular weight excluding hydrogens is 186 g/mol. The molecule has 0 unspecified atom stereocenters. The van der Waals surface area contributed by atoms with E-state index in [-0.39, 0.29) is 5.41 Å². The molecule has 80 valence electrons. The summed E-state index contributed by atoms with van der Waals surface area (Å²) < 4.78 is 1.91. The van der Waals surface area contributed by atoms with Gasteiger partial charge in [0.2, 0.25) is 0 Å². The topological polar surface area (TPSA) is 43.3 Å². The van der Waals surface area contributed by atoms with Gasteiger partial charge in [-0.15, -0.1) is 0 Å². The largest absolute Gasteiger partial charge is 0.330 e. The molecule has 2 aromatic heterocycles. The van der Waals surface area contributed by atoms with Crippen molar-refractivity contribution in [1.29, 1.82) is 0 Å². The molecule has 0 spiro atoms. The van der Waals surface area contributed by atoms with Crippen LogP contribution in [0.2, 0.25) is 0 Å². The summed E-state index contributed by atoms with van der Waals surface area (Å²) in [6.45, 7) is 5.13. The molecule has 2 rings (SSSR count). The van der Waals surface area contributed by atoms with Gasteiger partial charge in [0.05, 0.1) is 11.7 Å². The highest BCUT2D eigenvalue weighted by Gasteiger charge is 2.23. The molecule has 2 aromatic rings. The summed E-state index contributed by atoms with van der Waals surface area (Å²) in [5, 5.41) is 4.34. The summed E-state index contributed by atoms with van der Waals surface area (Å²) in [5.74, 6) is 0. The summed E-state index contributed by atoms with van der Waals surface area (Å²) in [6, 6.07) is 6.12. The molecule has 0 amide bonds. The Balaban J connectivity index is 2.52. The number of rotatable bonds is 3. The zero-order valence-electron chi connectivity index (χ0n) is 9.27. The van der Waals surface area contributed by atoms with Gasteiger partial charge in [0, 0.05) is 11.8 Å². The van der Waals surface area contributed by atoms with Gasteiger partial charge < -0.3 is 5.73 Å². The first kappa shape index (κ1) is 10.2. The van der Waals surface area contributed by atoms with Gasteiger partial charge in [0.15, 0.2) is 0 Å². The van der Waals surface area contributed by atoms with E-state index in [1.165, 1.54) is 11.1 Å². The maximum Gasteiger partial charge on any atom is 0.0699 e. The molecule has 0 saturated heterocycles. The van der Waals surface area contributed by atoms with E-state index in [2.05, 4.69) is 25.0 Å². The highest BCUT2D eigenvalue weighted by atomic mass is 15.2. The summed E-state index contributed by atoms with van der Waals surface area (Å²) in [5.41, 5.74) is 8.18. The van der Waals surface area contributed by atoms with E-state index in [0.29, 0.717) is 6.54 Å². The standard InChI is InChI=1S/C12H17N3/c1-12(2,6-7-13)10-9-14-15-8-4-3-5-11(10)15/h3-5,8-9H,6-7,13H2,1-2H3. The van der Waals surface area contributed by atoms with Crippen molar-refractivity contribution in [2.24, 2.45) is 5.73 Å². The second-order valence-corrected chi connectivity index (χ2v) is 4.51. The maximum atomic E-state index is 5.64. The van der Waals surface area contributed by atoms with E-state index in [1.54, 1.807) is 0 Å². The molecule has 0 fully saturated rings. The van der Waals surface area contributed by atoms with E-state index < -0.39 is 0 Å². The fourth-order valence-corrected chi connectivity index (χ4v) is 1.95. The van der Waals surface area contributed by atoms with E-state index in [0.717, 1.165) is 6.42 Å². The van der Waals surface area contributed by atoms with E-state index in [9.17, 15) is 0 Å². The van der Waals surface area contributed by atoms with Gasteiger partial charge in [-0.2, -0.15) is 5.10 Å². The lowest BCUT2D eigenvalue weighted by atomic mass is 9.82. The van der Waals surface area contributed by atoms with Crippen LogP contribution < -0.4 is 5.73 Å². The van der Waals surface area contributed by atoms with Crippen LogP contribution in [0.4, 0.5) is 0 Å². The molecule has 0 bridgehead atoms. The smallest absolute Gasteiger partial charge is 0.0699 e. The molecule has 0 aliphatic rings. The third-order valence-corrected chi connectivity index (χ3v) is 2.92. The lowest BCUT2D eigenvalue weighted by molar-refractivity contribution is 0.491. The van der Waals surface area contributed by atoms with Gasteiger partial charge in [-0.3, -0.25) is 0 Å². The Morgan fingerprint density at radius 2 is 2.20 bits per heavy atom. The molecule has 2 heterocycles. The first-order valence-electron chi connectivity index (χ1n) is 5.28. The SMILES string of the molecule is CC(C)(CCN)c1cnn2ccccc12. The minimum absolute atomic E-state index is 0.0951. The molecule has 0 aromatic carbocycles. The van der Waals surface area contributed by atoms with Crippen molar-refractivity contribution in [2.45, 2.75) is 25.7 Å². The van der Waals surface area contributed by atoms with Crippen molar-refractivity contribution in [1.82, 2.24) is 9.61 Å². The molecule has 0 atom stereocenters. The van der Waals surface area contributed by atoms with Gasteiger partial charge >= 0.3 is 0 Å². The van der Waals surface area contributed by atoms with Gasteiger partial charge in [0.25, 0.3) is 0 Å². The fourth-order valence-electron chi connectivity index (χ4n) is 1.95. The first-order chi connectivity index (χ1) is 7.15. The molecule has 0 radical (unpaired) electrons. The molecule has 0 aliphatic carbocycles. The van der Waals surface area contributed by atoms with E-state index >= 15 is 0 Å². The van der Waals surface area contributed by atoms with Gasteiger partial charge in [-0.1, -0.05) is 19.9 Å². The van der Waals surface area contributed by atoms with Crippen LogP contribution in [0, 0.1) is 0 Å². The number of pyridine rings is 1. The Morgan fingerprint density at radius 3 is 2.93 bits per heavy atom. The Hall–Kier alpha value is -1.35. The second-order valence-electron chi connectivity index (χ2n) is 4.51. The number of nitrogens with two attached hydrogens (primary N) is 1. The Morgan fingerprint density at radius 1 is 1.40 bits per heavy atom. The third-order valence-electron chi connectivity index (χ3n) is 2.92. The molecule has 2 N–H and O–H groups in total. The lowest BCUT2D eigenvalue weighted by Crippen LogP contribution is -2.21. The quantitative estimate of drug-likeness (QED) is 0.828. The molecular formula is C12H17N3. The zero-order valence-corrected chi connectivity index (χ0v) is 9.27. The van der Waals surface area contributed by atoms with Crippen LogP contribution in [-0.2, 0) is 5.41 Å². The van der Waals surface area contributed by atoms with Crippen molar-refractivity contribution in [3.05, 3.63) is 36.2 Å². The summed E-state index contributed by atoms with van der Waals surface area (Å²) >= 11 is 0. The molecule has 15 heavy (non-hydrogen) atoms. The first-order valence-corrected chi connectivity index (χ1v) is 5.28. The number of aromatic nitrogens is 2. The number of nitrogens with zero attached hydrogens (tertiary/aromatic N) is 2. The normalized spacial score (nSPS) is 12.2. The summed E-state index contributed by atoms with van der Waals surface area (Å²) in [4.78, 5) is 0. The average molecular weight is 203 g/mol. The van der Waals surface area contributed by atoms with Crippen molar-refractivity contribution in [3.63, 3.8) is 0 Å². The molecule has 3 heteroatoms. The van der Waals surface area contributed by atoms with Gasteiger partial charge in [0.1, 0.15) is 0 Å². The Bertz CT molecular complexity index is 457. The highest BCUT2D eigenvalue weighted by molar-refractivity contribution is 5.56. The zero-order chi connectivity index (χ0) is 10.9. The minimum atomic E-state index is 0.0951. The van der Waals surface area contributed by atoms with Crippen molar-refractivity contribution >= 4 is 5.52 Å². The van der Waals surface area contributed by atoms with E-state index in [4.69, 9.17) is 5.73 Å². The minimum Gasteiger partial charge on any atom is -0.330 e. The van der Waals surface area contributed by atoms with Crippen LogP contribution in [0.3, 0.4) is 0 Å². The van der Waals surface area contributed by atoms with Crippen LogP contribution in [0.25, 0.3) is 5.52 Å². The molecule has 3 nitrogen and oxygen atoms in total. The molecule has 0 saturated carbocycles. The van der Waals surface area contributed by atoms with Crippen LogP contribution in [0.15, 0.2) is 30.6 Å². The highest BCUT2D eigenvalue weighted by Crippen LogP contribution is 2.29. The maximum absolute atomic E-state index is 5.64. The molecule has 0 aliphatic heterocycles. The van der Waals surface area contributed by atoms with Crippen molar-refractivity contribution < 1.29 is 0 Å². The third kappa shape index (κ3) is 1.75. The number of fused-ring (bicyclic) bond motifs is 1. The van der Waals surface area contributed by atoms with Crippen LogP contribution >= 0.6 is 0 Å². The summed E-state index contributed by atoms with van der Waals surface area (Å²) in [6.07, 6.45) is 4.89. The predicted molar refractivity (Wildman–Crippen MR) is 61.9 cm³/mol. The number of hydrogen-bond donors (Lipinski definition) is 1. The van der Waals surface area contributed by atoms with E-state index in [1.807, 2.05) is 29.0 Å². The van der Waals surface area contributed by atoms with Crippen molar-refractivity contribution in [3.8, 4) is 0 Å². The summed E-state index contributed by atoms with van der Waals surface area (Å²) in [7, 11) is 0. The fraction of sp³-hybridized carbons (Fsp3) is 0.417.